The molecule has 2 rings (SSSR count). The minimum atomic E-state index is 0.748. The molecule has 0 bridgehead atoms. The topological polar surface area (TPSA) is 38.4 Å². The predicted molar refractivity (Wildman–Crippen MR) is 71.8 cm³/mol. The van der Waals surface area contributed by atoms with Crippen LogP contribution >= 0.6 is 12.6 Å². The van der Waals surface area contributed by atoms with Crippen molar-refractivity contribution in [2.75, 3.05) is 5.73 Å². The number of benzene rings is 2. The second-order valence-corrected chi connectivity index (χ2v) is 3.96. The van der Waals surface area contributed by atoms with Gasteiger partial charge in [-0.05, 0) is 42.0 Å². The average molecular weight is 228 g/mol. The number of anilines is 1. The predicted octanol–water partition coefficient (Wildman–Crippen LogP) is 3.31. The van der Waals surface area contributed by atoms with Crippen molar-refractivity contribution in [2.24, 2.45) is 4.99 Å². The van der Waals surface area contributed by atoms with Gasteiger partial charge in [0.25, 0.3) is 0 Å². The van der Waals surface area contributed by atoms with Crippen molar-refractivity contribution in [1.82, 2.24) is 0 Å². The molecule has 0 heterocycles. The van der Waals surface area contributed by atoms with Crippen LogP contribution in [-0.4, -0.2) is 6.21 Å². The maximum absolute atomic E-state index is 5.59. The van der Waals surface area contributed by atoms with Crippen molar-refractivity contribution in [3.8, 4) is 0 Å². The minimum Gasteiger partial charge on any atom is -0.399 e. The van der Waals surface area contributed by atoms with Crippen LogP contribution < -0.4 is 5.73 Å². The van der Waals surface area contributed by atoms with Crippen LogP contribution in [0.5, 0.6) is 0 Å². The summed E-state index contributed by atoms with van der Waals surface area (Å²) in [6.45, 7) is 0. The van der Waals surface area contributed by atoms with E-state index in [9.17, 15) is 0 Å². The van der Waals surface area contributed by atoms with Crippen LogP contribution in [-0.2, 0) is 0 Å². The first-order valence-corrected chi connectivity index (χ1v) is 5.37. The van der Waals surface area contributed by atoms with Gasteiger partial charge in [0, 0.05) is 16.8 Å². The molecule has 0 saturated carbocycles. The van der Waals surface area contributed by atoms with E-state index in [-0.39, 0.29) is 0 Å². The summed E-state index contributed by atoms with van der Waals surface area (Å²) < 4.78 is 0. The quantitative estimate of drug-likeness (QED) is 0.462. The van der Waals surface area contributed by atoms with Crippen molar-refractivity contribution in [3.05, 3.63) is 54.1 Å². The third-order valence-electron chi connectivity index (χ3n) is 2.15. The zero-order valence-corrected chi connectivity index (χ0v) is 9.56. The normalized spacial score (nSPS) is 10.8. The highest BCUT2D eigenvalue weighted by atomic mass is 32.1. The molecule has 0 amide bonds. The highest BCUT2D eigenvalue weighted by Crippen LogP contribution is 2.14. The Balaban J connectivity index is 2.15. The fraction of sp³-hybridized carbons (Fsp3) is 0. The van der Waals surface area contributed by atoms with E-state index in [1.54, 1.807) is 0 Å². The average Bonchev–Trinajstić information content (AvgIpc) is 2.30. The van der Waals surface area contributed by atoms with E-state index < -0.39 is 0 Å². The van der Waals surface area contributed by atoms with E-state index >= 15 is 0 Å². The second-order valence-electron chi connectivity index (χ2n) is 3.44. The fourth-order valence-corrected chi connectivity index (χ4v) is 1.42. The maximum atomic E-state index is 5.59. The highest BCUT2D eigenvalue weighted by molar-refractivity contribution is 7.80. The first-order chi connectivity index (χ1) is 7.74. The smallest absolute Gasteiger partial charge is 0.0631 e. The summed E-state index contributed by atoms with van der Waals surface area (Å²) in [5.74, 6) is 0. The molecule has 2 N–H and O–H groups in total. The molecule has 0 unspecified atom stereocenters. The third kappa shape index (κ3) is 2.87. The Kier molecular flexibility index (Phi) is 3.27. The Labute approximate surface area is 100 Å². The molecule has 0 aliphatic rings. The lowest BCUT2D eigenvalue weighted by Gasteiger charge is -1.96. The lowest BCUT2D eigenvalue weighted by molar-refractivity contribution is 1.46. The van der Waals surface area contributed by atoms with Gasteiger partial charge in [-0.1, -0.05) is 12.1 Å². The van der Waals surface area contributed by atoms with Crippen LogP contribution in [0.2, 0.25) is 0 Å². The van der Waals surface area contributed by atoms with Gasteiger partial charge in [0.05, 0.1) is 5.69 Å². The molecule has 0 atom stereocenters. The maximum Gasteiger partial charge on any atom is 0.0631 e. The largest absolute Gasteiger partial charge is 0.399 e. The minimum absolute atomic E-state index is 0.748. The van der Waals surface area contributed by atoms with Gasteiger partial charge < -0.3 is 5.73 Å². The Bertz CT molecular complexity index is 439. The zero-order chi connectivity index (χ0) is 11.4. The number of nitrogens with two attached hydrogens (primary N) is 1. The number of aliphatic imine (C=N–C) groups is 1. The molecule has 2 aromatic carbocycles. The summed E-state index contributed by atoms with van der Waals surface area (Å²) in [5.41, 5.74) is 8.28. The number of thiol groups is 1. The second kappa shape index (κ2) is 4.86. The first kappa shape index (κ1) is 10.8. The first-order valence-electron chi connectivity index (χ1n) is 4.93. The molecule has 0 fully saturated rings. The molecular formula is C13H12N2S. The zero-order valence-electron chi connectivity index (χ0n) is 8.67. The molecule has 0 aliphatic heterocycles. The lowest BCUT2D eigenvalue weighted by atomic mass is 10.2. The van der Waals surface area contributed by atoms with Crippen LogP contribution in [0.1, 0.15) is 5.56 Å². The molecule has 2 aromatic rings. The monoisotopic (exact) mass is 228 g/mol. The number of hydrogen-bond acceptors (Lipinski definition) is 3. The van der Waals surface area contributed by atoms with Crippen LogP contribution in [0.25, 0.3) is 0 Å². The van der Waals surface area contributed by atoms with Crippen LogP contribution in [0.3, 0.4) is 0 Å². The van der Waals surface area contributed by atoms with Crippen molar-refractivity contribution in [2.45, 2.75) is 4.90 Å². The number of rotatable bonds is 2. The summed E-state index contributed by atoms with van der Waals surface area (Å²) >= 11 is 4.22. The highest BCUT2D eigenvalue weighted by Gasteiger charge is 1.89. The lowest BCUT2D eigenvalue weighted by Crippen LogP contribution is -1.82. The van der Waals surface area contributed by atoms with Crippen LogP contribution in [0, 0.1) is 0 Å². The summed E-state index contributed by atoms with van der Waals surface area (Å²) in [4.78, 5) is 5.29. The molecule has 0 radical (unpaired) electrons. The molecule has 80 valence electrons. The van der Waals surface area contributed by atoms with Crippen molar-refractivity contribution in [1.29, 1.82) is 0 Å². The van der Waals surface area contributed by atoms with E-state index in [0.29, 0.717) is 0 Å². The Hall–Kier alpha value is -1.74. The number of hydrogen-bond donors (Lipinski definition) is 2. The molecule has 2 nitrogen and oxygen atoms in total. The Morgan fingerprint density at radius 1 is 0.938 bits per heavy atom. The molecule has 0 aliphatic carbocycles. The third-order valence-corrected chi connectivity index (χ3v) is 2.45. The number of nitrogen functional groups attached to an aromatic ring is 1. The molecule has 16 heavy (non-hydrogen) atoms. The van der Waals surface area contributed by atoms with E-state index in [1.165, 1.54) is 0 Å². The van der Waals surface area contributed by atoms with Gasteiger partial charge in [-0.15, -0.1) is 12.6 Å². The summed E-state index contributed by atoms with van der Waals surface area (Å²) in [6, 6.07) is 15.3. The van der Waals surface area contributed by atoms with Crippen molar-refractivity contribution < 1.29 is 0 Å². The standard InChI is InChI=1S/C13H12N2S/c14-11-3-5-12(6-4-11)15-9-10-1-7-13(16)8-2-10/h1-9,16H,14H2/b15-9+. The van der Waals surface area contributed by atoms with E-state index in [4.69, 9.17) is 5.73 Å². The van der Waals surface area contributed by atoms with Gasteiger partial charge in [0.2, 0.25) is 0 Å². The number of nitrogens with zero attached hydrogens (tertiary/aromatic N) is 1. The SMILES string of the molecule is Nc1ccc(/N=C/c2ccc(S)cc2)cc1. The molecule has 0 spiro atoms. The van der Waals surface area contributed by atoms with Gasteiger partial charge in [0.1, 0.15) is 0 Å². The summed E-state index contributed by atoms with van der Waals surface area (Å²) in [7, 11) is 0. The van der Waals surface area contributed by atoms with Crippen molar-refractivity contribution in [3.63, 3.8) is 0 Å². The Morgan fingerprint density at radius 2 is 1.56 bits per heavy atom. The van der Waals surface area contributed by atoms with Gasteiger partial charge in [-0.3, -0.25) is 4.99 Å². The van der Waals surface area contributed by atoms with Gasteiger partial charge >= 0.3 is 0 Å². The van der Waals surface area contributed by atoms with Crippen LogP contribution in [0.4, 0.5) is 11.4 Å². The molecule has 0 saturated heterocycles. The summed E-state index contributed by atoms with van der Waals surface area (Å²) in [5, 5.41) is 0. The van der Waals surface area contributed by atoms with Crippen molar-refractivity contribution >= 4 is 30.2 Å². The Morgan fingerprint density at radius 3 is 2.19 bits per heavy atom. The van der Waals surface area contributed by atoms with E-state index in [0.717, 1.165) is 21.8 Å². The molecular weight excluding hydrogens is 216 g/mol. The molecule has 0 aromatic heterocycles. The molecule has 3 heteroatoms. The van der Waals surface area contributed by atoms with Gasteiger partial charge in [-0.25, -0.2) is 0 Å². The summed E-state index contributed by atoms with van der Waals surface area (Å²) in [6.07, 6.45) is 1.82. The van der Waals surface area contributed by atoms with Crippen LogP contribution in [0.15, 0.2) is 58.4 Å². The van der Waals surface area contributed by atoms with Gasteiger partial charge in [0.15, 0.2) is 0 Å². The van der Waals surface area contributed by atoms with E-state index in [2.05, 4.69) is 17.6 Å². The van der Waals surface area contributed by atoms with Gasteiger partial charge in [-0.2, -0.15) is 0 Å². The van der Waals surface area contributed by atoms with E-state index in [1.807, 2.05) is 54.7 Å². The fourth-order valence-electron chi connectivity index (χ4n) is 1.27.